The lowest BCUT2D eigenvalue weighted by Gasteiger charge is -2.18. The third-order valence-electron chi connectivity index (χ3n) is 2.48. The second-order valence-corrected chi connectivity index (χ2v) is 5.37. The smallest absolute Gasteiger partial charge is 0.326 e. The summed E-state index contributed by atoms with van der Waals surface area (Å²) in [4.78, 5) is 27.5. The van der Waals surface area contributed by atoms with Crippen LogP contribution in [0, 0.1) is 0 Å². The van der Waals surface area contributed by atoms with E-state index in [0.29, 0.717) is 4.91 Å². The largest absolute Gasteiger partial charge is 0.480 e. The van der Waals surface area contributed by atoms with Crippen LogP contribution >= 0.6 is 24.0 Å². The van der Waals surface area contributed by atoms with Gasteiger partial charge in [0.2, 0.25) is 0 Å². The van der Waals surface area contributed by atoms with E-state index < -0.39 is 12.0 Å². The number of aromatic amines is 1. The Morgan fingerprint density at radius 3 is 2.94 bits per heavy atom. The molecule has 0 aromatic carbocycles. The zero-order chi connectivity index (χ0) is 13.3. The van der Waals surface area contributed by atoms with Crippen LogP contribution in [0.1, 0.15) is 12.6 Å². The lowest BCUT2D eigenvalue weighted by molar-refractivity contribution is -0.144. The minimum absolute atomic E-state index is 0.271. The summed E-state index contributed by atoms with van der Waals surface area (Å²) in [7, 11) is 0. The fraction of sp³-hybridized carbons (Fsp3) is 0.182. The maximum atomic E-state index is 12.1. The van der Waals surface area contributed by atoms with Crippen molar-refractivity contribution in [1.82, 2.24) is 9.88 Å². The fourth-order valence-electron chi connectivity index (χ4n) is 1.50. The number of H-pyrrole nitrogens is 1. The summed E-state index contributed by atoms with van der Waals surface area (Å²) in [6.07, 6.45) is 3.40. The van der Waals surface area contributed by atoms with Crippen LogP contribution in [0.5, 0.6) is 0 Å². The van der Waals surface area contributed by atoms with Crippen LogP contribution in [0.3, 0.4) is 0 Å². The van der Waals surface area contributed by atoms with Gasteiger partial charge in [-0.2, -0.15) is 0 Å². The van der Waals surface area contributed by atoms with E-state index in [-0.39, 0.29) is 10.2 Å². The van der Waals surface area contributed by atoms with Gasteiger partial charge in [-0.1, -0.05) is 24.0 Å². The van der Waals surface area contributed by atoms with Crippen molar-refractivity contribution in [2.75, 3.05) is 0 Å². The molecular formula is C11H10N2O3S2. The first-order chi connectivity index (χ1) is 8.50. The minimum atomic E-state index is -1.08. The maximum absolute atomic E-state index is 12.1. The lowest BCUT2D eigenvalue weighted by atomic mass is 10.3. The van der Waals surface area contributed by atoms with Gasteiger partial charge in [0.05, 0.1) is 4.91 Å². The zero-order valence-electron chi connectivity index (χ0n) is 9.41. The third-order valence-corrected chi connectivity index (χ3v) is 3.81. The van der Waals surface area contributed by atoms with Gasteiger partial charge in [0.25, 0.3) is 5.91 Å². The van der Waals surface area contributed by atoms with Crippen molar-refractivity contribution in [3.63, 3.8) is 0 Å². The molecule has 18 heavy (non-hydrogen) atoms. The summed E-state index contributed by atoms with van der Waals surface area (Å²) in [6.45, 7) is 1.44. The molecule has 5 nitrogen and oxygen atoms in total. The van der Waals surface area contributed by atoms with Gasteiger partial charge in [-0.15, -0.1) is 0 Å². The second kappa shape index (κ2) is 4.95. The van der Waals surface area contributed by atoms with E-state index in [4.69, 9.17) is 17.3 Å². The van der Waals surface area contributed by atoms with Gasteiger partial charge in [0, 0.05) is 11.9 Å². The maximum Gasteiger partial charge on any atom is 0.326 e. The van der Waals surface area contributed by atoms with Crippen LogP contribution in [0.15, 0.2) is 23.2 Å². The van der Waals surface area contributed by atoms with Gasteiger partial charge in [-0.25, -0.2) is 4.79 Å². The van der Waals surface area contributed by atoms with E-state index in [2.05, 4.69) is 4.98 Å². The van der Waals surface area contributed by atoms with Crippen LogP contribution in [-0.2, 0) is 9.59 Å². The first-order valence-corrected chi connectivity index (χ1v) is 6.36. The van der Waals surface area contributed by atoms with E-state index in [1.165, 1.54) is 6.92 Å². The highest BCUT2D eigenvalue weighted by atomic mass is 32.2. The number of nitrogens with one attached hydrogen (secondary N) is 1. The lowest BCUT2D eigenvalue weighted by Crippen LogP contribution is -2.41. The quantitative estimate of drug-likeness (QED) is 0.652. The van der Waals surface area contributed by atoms with E-state index in [1.54, 1.807) is 12.3 Å². The molecule has 1 aliphatic rings. The van der Waals surface area contributed by atoms with Gasteiger partial charge >= 0.3 is 5.97 Å². The van der Waals surface area contributed by atoms with E-state index in [9.17, 15) is 9.59 Å². The molecule has 94 valence electrons. The molecule has 1 unspecified atom stereocenters. The van der Waals surface area contributed by atoms with Crippen molar-refractivity contribution in [2.24, 2.45) is 0 Å². The topological polar surface area (TPSA) is 73.4 Å². The number of carbonyl (C=O) groups is 2. The van der Waals surface area contributed by atoms with Crippen LogP contribution in [0.2, 0.25) is 0 Å². The molecule has 0 aliphatic carbocycles. The van der Waals surface area contributed by atoms with Gasteiger partial charge in [-0.3, -0.25) is 9.69 Å². The van der Waals surface area contributed by atoms with Crippen LogP contribution < -0.4 is 0 Å². The molecule has 0 radical (unpaired) electrons. The molecule has 1 amide bonds. The van der Waals surface area contributed by atoms with Crippen molar-refractivity contribution >= 4 is 46.3 Å². The molecule has 2 rings (SSSR count). The number of carboxylic acid groups (broad SMARTS) is 1. The normalized spacial score (nSPS) is 19.6. The summed E-state index contributed by atoms with van der Waals surface area (Å²) in [5.74, 6) is -1.44. The van der Waals surface area contributed by atoms with Crippen LogP contribution in [0.25, 0.3) is 6.08 Å². The number of amides is 1. The van der Waals surface area contributed by atoms with Gasteiger partial charge in [0.1, 0.15) is 10.4 Å². The Morgan fingerprint density at radius 1 is 1.67 bits per heavy atom. The number of carboxylic acids is 1. The fourth-order valence-corrected chi connectivity index (χ4v) is 2.91. The number of carbonyl (C=O) groups excluding carboxylic acids is 1. The number of hydrogen-bond donors (Lipinski definition) is 2. The number of nitrogens with zero attached hydrogens (tertiary/aromatic N) is 1. The molecule has 0 spiro atoms. The summed E-state index contributed by atoms with van der Waals surface area (Å²) >= 11 is 6.15. The standard InChI is InChI=1S/C11H10N2O3S2/c1-6(10(15)16)13-9(14)8(18-11(13)17)5-7-3-2-4-12-7/h2-6,12H,1H3,(H,15,16). The van der Waals surface area contributed by atoms with Gasteiger partial charge in [-0.05, 0) is 25.1 Å². The third kappa shape index (κ3) is 2.32. The molecule has 7 heteroatoms. The number of hydrogen-bond acceptors (Lipinski definition) is 4. The molecule has 1 aromatic rings. The monoisotopic (exact) mass is 282 g/mol. The number of aromatic nitrogens is 1. The number of thioether (sulfide) groups is 1. The van der Waals surface area contributed by atoms with Crippen molar-refractivity contribution < 1.29 is 14.7 Å². The Balaban J connectivity index is 2.27. The van der Waals surface area contributed by atoms with Gasteiger partial charge < -0.3 is 10.1 Å². The molecule has 1 saturated heterocycles. The summed E-state index contributed by atoms with van der Waals surface area (Å²) in [5, 5.41) is 8.93. The van der Waals surface area contributed by atoms with Gasteiger partial charge in [0.15, 0.2) is 0 Å². The van der Waals surface area contributed by atoms with E-state index >= 15 is 0 Å². The average Bonchev–Trinajstić information content (AvgIpc) is 2.88. The molecule has 1 aromatic heterocycles. The van der Waals surface area contributed by atoms with Crippen LogP contribution in [0.4, 0.5) is 0 Å². The number of aliphatic carboxylic acids is 1. The highest BCUT2D eigenvalue weighted by Crippen LogP contribution is 2.33. The van der Waals surface area contributed by atoms with Crippen molar-refractivity contribution in [3.8, 4) is 0 Å². The first-order valence-electron chi connectivity index (χ1n) is 5.14. The predicted molar refractivity (Wildman–Crippen MR) is 72.9 cm³/mol. The highest BCUT2D eigenvalue weighted by molar-refractivity contribution is 8.26. The predicted octanol–water partition coefficient (Wildman–Crippen LogP) is 1.69. The average molecular weight is 282 g/mol. The second-order valence-electron chi connectivity index (χ2n) is 3.69. The van der Waals surface area contributed by atoms with Crippen LogP contribution in [-0.4, -0.2) is 37.2 Å². The summed E-state index contributed by atoms with van der Waals surface area (Å²) in [6, 6.07) is 2.67. The molecule has 1 fully saturated rings. The Morgan fingerprint density at radius 2 is 2.39 bits per heavy atom. The van der Waals surface area contributed by atoms with E-state index in [0.717, 1.165) is 22.4 Å². The molecular weight excluding hydrogens is 272 g/mol. The Hall–Kier alpha value is -1.60. The Kier molecular flexibility index (Phi) is 3.53. The van der Waals surface area contributed by atoms with Crippen molar-refractivity contribution in [2.45, 2.75) is 13.0 Å². The Bertz CT molecular complexity index is 536. The molecule has 0 saturated carbocycles. The van der Waals surface area contributed by atoms with E-state index in [1.807, 2.05) is 12.1 Å². The SMILES string of the molecule is CC(C(=O)O)N1C(=O)C(=Cc2ccc[nH]2)SC1=S. The number of rotatable bonds is 3. The Labute approximate surface area is 113 Å². The molecule has 2 N–H and O–H groups in total. The van der Waals surface area contributed by atoms with Crippen molar-refractivity contribution in [3.05, 3.63) is 28.9 Å². The molecule has 0 bridgehead atoms. The summed E-state index contributed by atoms with van der Waals surface area (Å²) in [5.41, 5.74) is 0.776. The molecule has 2 heterocycles. The minimum Gasteiger partial charge on any atom is -0.480 e. The van der Waals surface area contributed by atoms with Crippen molar-refractivity contribution in [1.29, 1.82) is 0 Å². The first kappa shape index (κ1) is 12.8. The number of thiocarbonyl (C=S) groups is 1. The zero-order valence-corrected chi connectivity index (χ0v) is 11.0. The summed E-state index contributed by atoms with van der Waals surface area (Å²) < 4.78 is 0.271. The highest BCUT2D eigenvalue weighted by Gasteiger charge is 2.38. The molecule has 1 aliphatic heterocycles. The molecule has 1 atom stereocenters.